The van der Waals surface area contributed by atoms with E-state index >= 15 is 0 Å². The van der Waals surface area contributed by atoms with Crippen LogP contribution >= 0.6 is 11.8 Å². The number of thioether (sulfide) groups is 1. The number of nitriles is 1. The minimum atomic E-state index is -0.592. The topological polar surface area (TPSA) is 62.5 Å². The average molecular weight is 315 g/mol. The van der Waals surface area contributed by atoms with Gasteiger partial charge in [0.1, 0.15) is 18.1 Å². The van der Waals surface area contributed by atoms with Crippen LogP contribution in [-0.2, 0) is 0 Å². The van der Waals surface area contributed by atoms with Crippen molar-refractivity contribution in [2.24, 2.45) is 0 Å². The Balaban J connectivity index is 1.80. The van der Waals surface area contributed by atoms with Crippen LogP contribution in [0.25, 0.3) is 0 Å². The third-order valence-electron chi connectivity index (χ3n) is 2.93. The highest BCUT2D eigenvalue weighted by Gasteiger charge is 2.09. The van der Waals surface area contributed by atoms with Crippen LogP contribution in [0.15, 0.2) is 53.4 Å². The molecule has 0 unspecified atom stereocenters. The first-order chi connectivity index (χ1) is 10.7. The zero-order chi connectivity index (χ0) is 15.8. The van der Waals surface area contributed by atoms with Crippen LogP contribution in [0.1, 0.15) is 5.56 Å². The summed E-state index contributed by atoms with van der Waals surface area (Å²) in [6.07, 6.45) is -0.592. The molecule has 0 aliphatic carbocycles. The molecule has 1 atom stereocenters. The quantitative estimate of drug-likeness (QED) is 0.796. The van der Waals surface area contributed by atoms with Gasteiger partial charge in [0.25, 0.3) is 0 Å². The van der Waals surface area contributed by atoms with Crippen LogP contribution in [-0.4, -0.2) is 30.7 Å². The summed E-state index contributed by atoms with van der Waals surface area (Å²) in [5.41, 5.74) is 0.583. The highest BCUT2D eigenvalue weighted by molar-refractivity contribution is 7.99. The van der Waals surface area contributed by atoms with Crippen LogP contribution in [0.2, 0.25) is 0 Å². The van der Waals surface area contributed by atoms with E-state index in [0.717, 1.165) is 10.6 Å². The van der Waals surface area contributed by atoms with E-state index in [9.17, 15) is 5.11 Å². The van der Waals surface area contributed by atoms with Gasteiger partial charge < -0.3 is 14.6 Å². The van der Waals surface area contributed by atoms with Crippen molar-refractivity contribution < 1.29 is 14.6 Å². The summed E-state index contributed by atoms with van der Waals surface area (Å²) >= 11 is 1.52. The third kappa shape index (κ3) is 4.69. The summed E-state index contributed by atoms with van der Waals surface area (Å²) in [6.45, 7) is 0.202. The summed E-state index contributed by atoms with van der Waals surface area (Å²) in [7, 11) is 1.63. The molecule has 114 valence electrons. The van der Waals surface area contributed by atoms with Gasteiger partial charge in [-0.05, 0) is 36.4 Å². The van der Waals surface area contributed by atoms with Crippen molar-refractivity contribution in [3.63, 3.8) is 0 Å². The van der Waals surface area contributed by atoms with Crippen molar-refractivity contribution in [3.05, 3.63) is 54.1 Å². The molecular weight excluding hydrogens is 298 g/mol. The lowest BCUT2D eigenvalue weighted by molar-refractivity contribution is 0.126. The van der Waals surface area contributed by atoms with Gasteiger partial charge in [0.05, 0.1) is 24.8 Å². The SMILES string of the molecule is COc1ccccc1SC[C@@H](O)COc1ccc(C#N)cc1. The smallest absolute Gasteiger partial charge is 0.132 e. The molecule has 0 aromatic heterocycles. The van der Waals surface area contributed by atoms with Crippen molar-refractivity contribution in [1.82, 2.24) is 0 Å². The second-order valence-electron chi connectivity index (χ2n) is 4.56. The molecule has 0 amide bonds. The van der Waals surface area contributed by atoms with Gasteiger partial charge in [-0.3, -0.25) is 0 Å². The predicted octanol–water partition coefficient (Wildman–Crippen LogP) is 3.10. The van der Waals surface area contributed by atoms with E-state index in [1.807, 2.05) is 30.3 Å². The molecular formula is C17H17NO3S. The number of aliphatic hydroxyl groups excluding tert-OH is 1. The zero-order valence-corrected chi connectivity index (χ0v) is 13.0. The molecule has 2 aromatic rings. The van der Waals surface area contributed by atoms with Crippen molar-refractivity contribution in [2.75, 3.05) is 19.5 Å². The van der Waals surface area contributed by atoms with Crippen molar-refractivity contribution in [3.8, 4) is 17.6 Å². The molecule has 1 N–H and O–H groups in total. The van der Waals surface area contributed by atoms with E-state index in [2.05, 4.69) is 0 Å². The van der Waals surface area contributed by atoms with E-state index in [0.29, 0.717) is 17.1 Å². The highest BCUT2D eigenvalue weighted by atomic mass is 32.2. The monoisotopic (exact) mass is 315 g/mol. The Morgan fingerprint density at radius 2 is 1.91 bits per heavy atom. The van der Waals surface area contributed by atoms with Crippen molar-refractivity contribution >= 4 is 11.8 Å². The Hall–Kier alpha value is -2.16. The van der Waals surface area contributed by atoms with Crippen LogP contribution in [0, 0.1) is 11.3 Å². The van der Waals surface area contributed by atoms with Gasteiger partial charge >= 0.3 is 0 Å². The van der Waals surface area contributed by atoms with Crippen LogP contribution in [0.3, 0.4) is 0 Å². The van der Waals surface area contributed by atoms with Gasteiger partial charge in [-0.15, -0.1) is 11.8 Å². The second-order valence-corrected chi connectivity index (χ2v) is 5.62. The number of hydrogen-bond donors (Lipinski definition) is 1. The molecule has 0 saturated heterocycles. The lowest BCUT2D eigenvalue weighted by atomic mass is 10.2. The zero-order valence-electron chi connectivity index (χ0n) is 12.2. The molecule has 0 radical (unpaired) electrons. The van der Waals surface area contributed by atoms with Gasteiger partial charge in [0.2, 0.25) is 0 Å². The minimum absolute atomic E-state index is 0.202. The van der Waals surface area contributed by atoms with Gasteiger partial charge in [-0.2, -0.15) is 5.26 Å². The minimum Gasteiger partial charge on any atom is -0.496 e. The van der Waals surface area contributed by atoms with E-state index in [1.54, 1.807) is 31.4 Å². The first-order valence-electron chi connectivity index (χ1n) is 6.79. The molecule has 5 heteroatoms. The molecule has 0 aliphatic heterocycles. The first kappa shape index (κ1) is 16.2. The maximum Gasteiger partial charge on any atom is 0.132 e. The molecule has 0 fully saturated rings. The molecule has 0 saturated carbocycles. The lowest BCUT2D eigenvalue weighted by Gasteiger charge is -2.13. The summed E-state index contributed by atoms with van der Waals surface area (Å²) in [5.74, 6) is 1.95. The van der Waals surface area contributed by atoms with Gasteiger partial charge in [0, 0.05) is 10.6 Å². The van der Waals surface area contributed by atoms with Gasteiger partial charge in [-0.25, -0.2) is 0 Å². The largest absolute Gasteiger partial charge is 0.496 e. The summed E-state index contributed by atoms with van der Waals surface area (Å²) < 4.78 is 10.8. The predicted molar refractivity (Wildman–Crippen MR) is 86.4 cm³/mol. The van der Waals surface area contributed by atoms with Gasteiger partial charge in [0.15, 0.2) is 0 Å². The molecule has 2 aromatic carbocycles. The Kier molecular flexibility index (Phi) is 6.13. The summed E-state index contributed by atoms with van der Waals surface area (Å²) in [6, 6.07) is 16.6. The van der Waals surface area contributed by atoms with E-state index in [-0.39, 0.29) is 6.61 Å². The van der Waals surface area contributed by atoms with Crippen LogP contribution in [0.5, 0.6) is 11.5 Å². The Bertz CT molecular complexity index is 637. The van der Waals surface area contributed by atoms with Crippen molar-refractivity contribution in [1.29, 1.82) is 5.26 Å². The van der Waals surface area contributed by atoms with E-state index in [1.165, 1.54) is 11.8 Å². The average Bonchev–Trinajstić information content (AvgIpc) is 2.58. The Morgan fingerprint density at radius 1 is 1.18 bits per heavy atom. The Labute approximate surface area is 134 Å². The maximum absolute atomic E-state index is 10.00. The number of para-hydroxylation sites is 1. The molecule has 2 rings (SSSR count). The fourth-order valence-electron chi connectivity index (χ4n) is 1.79. The summed E-state index contributed by atoms with van der Waals surface area (Å²) in [5, 5.41) is 18.7. The van der Waals surface area contributed by atoms with Crippen LogP contribution in [0.4, 0.5) is 0 Å². The molecule has 4 nitrogen and oxygen atoms in total. The maximum atomic E-state index is 10.00. The third-order valence-corrected chi connectivity index (χ3v) is 4.13. The molecule has 0 bridgehead atoms. The van der Waals surface area contributed by atoms with Crippen molar-refractivity contribution in [2.45, 2.75) is 11.0 Å². The second kappa shape index (κ2) is 8.32. The molecule has 22 heavy (non-hydrogen) atoms. The molecule has 0 heterocycles. The fraction of sp³-hybridized carbons (Fsp3) is 0.235. The number of benzene rings is 2. The van der Waals surface area contributed by atoms with Crippen LogP contribution < -0.4 is 9.47 Å². The molecule has 0 spiro atoms. The standard InChI is InChI=1S/C17H17NO3S/c1-20-16-4-2-3-5-17(16)22-12-14(19)11-21-15-8-6-13(10-18)7-9-15/h2-9,14,19H,11-12H2,1H3/t14-/m0/s1. The number of hydrogen-bond acceptors (Lipinski definition) is 5. The summed E-state index contributed by atoms with van der Waals surface area (Å²) in [4.78, 5) is 0.988. The number of methoxy groups -OCH3 is 1. The fourth-order valence-corrected chi connectivity index (χ4v) is 2.73. The lowest BCUT2D eigenvalue weighted by Crippen LogP contribution is -2.20. The van der Waals surface area contributed by atoms with Gasteiger partial charge in [-0.1, -0.05) is 12.1 Å². The number of ether oxygens (including phenoxy) is 2. The Morgan fingerprint density at radius 3 is 2.59 bits per heavy atom. The highest BCUT2D eigenvalue weighted by Crippen LogP contribution is 2.29. The van der Waals surface area contributed by atoms with E-state index < -0.39 is 6.10 Å². The number of rotatable bonds is 7. The van der Waals surface area contributed by atoms with E-state index in [4.69, 9.17) is 14.7 Å². The number of nitrogens with zero attached hydrogens (tertiary/aromatic N) is 1. The first-order valence-corrected chi connectivity index (χ1v) is 7.78. The normalized spacial score (nSPS) is 11.5. The number of aliphatic hydroxyl groups is 1. The molecule has 0 aliphatic rings.